The molecule has 2 N–H and O–H groups in total. The molecule has 0 heterocycles. The standard InChI is InChI=1S/C13H26N2O2/c1-4-9-15(6-3)11-7-8-13(10-11,12(16)17)14-5-2/h11,14H,4-10H2,1-3H3,(H,16,17). The van der Waals surface area contributed by atoms with Crippen molar-refractivity contribution in [2.75, 3.05) is 19.6 Å². The molecule has 0 radical (unpaired) electrons. The van der Waals surface area contributed by atoms with E-state index in [1.54, 1.807) is 0 Å². The first-order valence-corrected chi connectivity index (χ1v) is 6.82. The van der Waals surface area contributed by atoms with Gasteiger partial charge in [0.25, 0.3) is 0 Å². The maximum atomic E-state index is 11.4. The summed E-state index contributed by atoms with van der Waals surface area (Å²) in [5.74, 6) is -0.686. The van der Waals surface area contributed by atoms with Crippen molar-refractivity contribution in [2.24, 2.45) is 0 Å². The van der Waals surface area contributed by atoms with Gasteiger partial charge in [0.2, 0.25) is 0 Å². The van der Waals surface area contributed by atoms with Gasteiger partial charge in [-0.2, -0.15) is 0 Å². The van der Waals surface area contributed by atoms with E-state index in [9.17, 15) is 9.90 Å². The number of rotatable bonds is 7. The second-order valence-electron chi connectivity index (χ2n) is 4.94. The van der Waals surface area contributed by atoms with Gasteiger partial charge in [0.15, 0.2) is 0 Å². The maximum Gasteiger partial charge on any atom is 0.323 e. The summed E-state index contributed by atoms with van der Waals surface area (Å²) in [5.41, 5.74) is -0.680. The molecule has 4 heteroatoms. The lowest BCUT2D eigenvalue weighted by molar-refractivity contribution is -0.144. The van der Waals surface area contributed by atoms with Gasteiger partial charge in [0, 0.05) is 6.04 Å². The summed E-state index contributed by atoms with van der Waals surface area (Å²) in [4.78, 5) is 13.9. The molecular weight excluding hydrogens is 216 g/mol. The molecule has 0 bridgehead atoms. The zero-order valence-corrected chi connectivity index (χ0v) is 11.3. The Morgan fingerprint density at radius 2 is 2.18 bits per heavy atom. The topological polar surface area (TPSA) is 52.6 Å². The van der Waals surface area contributed by atoms with Gasteiger partial charge >= 0.3 is 5.97 Å². The van der Waals surface area contributed by atoms with Crippen molar-refractivity contribution in [3.05, 3.63) is 0 Å². The second kappa shape index (κ2) is 6.36. The van der Waals surface area contributed by atoms with Gasteiger partial charge in [0.05, 0.1) is 0 Å². The van der Waals surface area contributed by atoms with Crippen LogP contribution in [0.5, 0.6) is 0 Å². The predicted octanol–water partition coefficient (Wildman–Crippen LogP) is 1.70. The monoisotopic (exact) mass is 242 g/mol. The number of likely N-dealkylation sites (N-methyl/N-ethyl adjacent to an activating group) is 1. The van der Waals surface area contributed by atoms with Crippen LogP contribution in [-0.2, 0) is 4.79 Å². The van der Waals surface area contributed by atoms with E-state index in [0.717, 1.165) is 45.3 Å². The summed E-state index contributed by atoms with van der Waals surface area (Å²) in [5, 5.41) is 12.6. The van der Waals surface area contributed by atoms with Crippen molar-refractivity contribution in [3.8, 4) is 0 Å². The SMILES string of the molecule is CCCN(CC)C1CCC(NCC)(C(=O)O)C1. The Bertz CT molecular complexity index is 258. The van der Waals surface area contributed by atoms with E-state index in [4.69, 9.17) is 0 Å². The minimum absolute atomic E-state index is 0.426. The lowest BCUT2D eigenvalue weighted by Crippen LogP contribution is -2.51. The average molecular weight is 242 g/mol. The van der Waals surface area contributed by atoms with Gasteiger partial charge < -0.3 is 15.3 Å². The summed E-state index contributed by atoms with van der Waals surface area (Å²) < 4.78 is 0. The van der Waals surface area contributed by atoms with Crippen LogP contribution in [0.15, 0.2) is 0 Å². The van der Waals surface area contributed by atoms with Crippen LogP contribution in [0.3, 0.4) is 0 Å². The molecule has 2 atom stereocenters. The number of hydrogen-bond donors (Lipinski definition) is 2. The third-order valence-corrected chi connectivity index (χ3v) is 3.85. The fraction of sp³-hybridized carbons (Fsp3) is 0.923. The van der Waals surface area contributed by atoms with Crippen LogP contribution in [0.4, 0.5) is 0 Å². The van der Waals surface area contributed by atoms with Crippen LogP contribution in [0, 0.1) is 0 Å². The third kappa shape index (κ3) is 3.19. The Balaban J connectivity index is 2.68. The number of carboxylic acid groups (broad SMARTS) is 1. The first-order chi connectivity index (χ1) is 8.09. The normalized spacial score (nSPS) is 28.8. The number of carboxylic acids is 1. The second-order valence-corrected chi connectivity index (χ2v) is 4.94. The highest BCUT2D eigenvalue weighted by Crippen LogP contribution is 2.33. The van der Waals surface area contributed by atoms with Crippen molar-refractivity contribution in [2.45, 2.75) is 58.0 Å². The first kappa shape index (κ1) is 14.5. The largest absolute Gasteiger partial charge is 0.480 e. The minimum atomic E-state index is -0.686. The van der Waals surface area contributed by atoms with Gasteiger partial charge in [-0.05, 0) is 45.3 Å². The highest BCUT2D eigenvalue weighted by Gasteiger charge is 2.46. The molecule has 0 aromatic carbocycles. The van der Waals surface area contributed by atoms with E-state index < -0.39 is 11.5 Å². The predicted molar refractivity (Wildman–Crippen MR) is 69.2 cm³/mol. The molecule has 0 saturated heterocycles. The number of hydrogen-bond acceptors (Lipinski definition) is 3. The van der Waals surface area contributed by atoms with Crippen molar-refractivity contribution in [1.82, 2.24) is 10.2 Å². The molecule has 100 valence electrons. The van der Waals surface area contributed by atoms with Crippen molar-refractivity contribution in [1.29, 1.82) is 0 Å². The molecule has 0 aromatic rings. The van der Waals surface area contributed by atoms with Crippen LogP contribution in [-0.4, -0.2) is 47.2 Å². The third-order valence-electron chi connectivity index (χ3n) is 3.85. The summed E-state index contributed by atoms with van der Waals surface area (Å²) in [6.45, 7) is 9.11. The summed E-state index contributed by atoms with van der Waals surface area (Å²) >= 11 is 0. The van der Waals surface area contributed by atoms with E-state index >= 15 is 0 Å². The number of nitrogens with one attached hydrogen (secondary N) is 1. The molecule has 1 aliphatic carbocycles. The zero-order valence-electron chi connectivity index (χ0n) is 11.3. The molecular formula is C13H26N2O2. The molecule has 1 rings (SSSR count). The first-order valence-electron chi connectivity index (χ1n) is 6.82. The molecule has 2 unspecified atom stereocenters. The van der Waals surface area contributed by atoms with Crippen LogP contribution >= 0.6 is 0 Å². The Labute approximate surface area is 104 Å². The van der Waals surface area contributed by atoms with Crippen molar-refractivity contribution < 1.29 is 9.90 Å². The van der Waals surface area contributed by atoms with E-state index in [-0.39, 0.29) is 0 Å². The Hall–Kier alpha value is -0.610. The fourth-order valence-electron chi connectivity index (χ4n) is 2.99. The van der Waals surface area contributed by atoms with Gasteiger partial charge in [-0.3, -0.25) is 4.79 Å². The Kier molecular flexibility index (Phi) is 5.40. The van der Waals surface area contributed by atoms with Gasteiger partial charge in [-0.25, -0.2) is 0 Å². The smallest absolute Gasteiger partial charge is 0.323 e. The minimum Gasteiger partial charge on any atom is -0.480 e. The molecule has 4 nitrogen and oxygen atoms in total. The number of carbonyl (C=O) groups is 1. The van der Waals surface area contributed by atoms with Crippen LogP contribution in [0.1, 0.15) is 46.5 Å². The molecule has 1 saturated carbocycles. The summed E-state index contributed by atoms with van der Waals surface area (Å²) in [6.07, 6.45) is 3.61. The highest BCUT2D eigenvalue weighted by atomic mass is 16.4. The van der Waals surface area contributed by atoms with Gasteiger partial charge in [0.1, 0.15) is 5.54 Å². The lowest BCUT2D eigenvalue weighted by Gasteiger charge is -2.30. The molecule has 17 heavy (non-hydrogen) atoms. The van der Waals surface area contributed by atoms with Crippen LogP contribution in [0.2, 0.25) is 0 Å². The van der Waals surface area contributed by atoms with E-state index in [1.165, 1.54) is 0 Å². The Morgan fingerprint density at radius 1 is 1.47 bits per heavy atom. The van der Waals surface area contributed by atoms with Crippen molar-refractivity contribution >= 4 is 5.97 Å². The zero-order chi connectivity index (χ0) is 12.9. The lowest BCUT2D eigenvalue weighted by atomic mass is 9.97. The summed E-state index contributed by atoms with van der Waals surface area (Å²) in [6, 6.07) is 0.426. The molecule has 0 aliphatic heterocycles. The van der Waals surface area contributed by atoms with Gasteiger partial charge in [-0.15, -0.1) is 0 Å². The van der Waals surface area contributed by atoms with E-state index in [0.29, 0.717) is 6.04 Å². The molecule has 0 spiro atoms. The fourth-order valence-corrected chi connectivity index (χ4v) is 2.99. The molecule has 0 aromatic heterocycles. The highest BCUT2D eigenvalue weighted by molar-refractivity contribution is 5.79. The van der Waals surface area contributed by atoms with Crippen LogP contribution in [0.25, 0.3) is 0 Å². The van der Waals surface area contributed by atoms with Crippen molar-refractivity contribution in [3.63, 3.8) is 0 Å². The Morgan fingerprint density at radius 3 is 2.65 bits per heavy atom. The molecule has 1 aliphatic rings. The maximum absolute atomic E-state index is 11.4. The summed E-state index contributed by atoms with van der Waals surface area (Å²) in [7, 11) is 0. The van der Waals surface area contributed by atoms with Gasteiger partial charge in [-0.1, -0.05) is 20.8 Å². The molecule has 1 fully saturated rings. The molecule has 0 amide bonds. The number of aliphatic carboxylic acids is 1. The van der Waals surface area contributed by atoms with Crippen LogP contribution < -0.4 is 5.32 Å². The van der Waals surface area contributed by atoms with E-state index in [2.05, 4.69) is 24.1 Å². The number of nitrogens with zero attached hydrogens (tertiary/aromatic N) is 1. The van der Waals surface area contributed by atoms with E-state index in [1.807, 2.05) is 6.92 Å². The average Bonchev–Trinajstić information content (AvgIpc) is 2.72. The quantitative estimate of drug-likeness (QED) is 0.713.